The van der Waals surface area contributed by atoms with Gasteiger partial charge in [-0.1, -0.05) is 18.2 Å². The zero-order valence-corrected chi connectivity index (χ0v) is 20.6. The Hall–Kier alpha value is -4.87. The van der Waals surface area contributed by atoms with Crippen molar-refractivity contribution in [2.75, 3.05) is 6.61 Å². The van der Waals surface area contributed by atoms with E-state index in [1.807, 2.05) is 48.5 Å². The number of aromatic nitrogens is 3. The van der Waals surface area contributed by atoms with Gasteiger partial charge in [-0.2, -0.15) is 5.26 Å². The van der Waals surface area contributed by atoms with E-state index in [4.69, 9.17) is 9.72 Å². The average molecular weight is 502 g/mol. The number of nitrogens with zero attached hydrogens (tertiary/aromatic N) is 4. The zero-order chi connectivity index (χ0) is 26.2. The van der Waals surface area contributed by atoms with Crippen molar-refractivity contribution in [2.24, 2.45) is 7.05 Å². The normalized spacial score (nSPS) is 14.7. The van der Waals surface area contributed by atoms with E-state index >= 15 is 0 Å². The molecule has 186 valence electrons. The number of nitrogens with one attached hydrogen (secondary N) is 1. The minimum absolute atomic E-state index is 0.0530. The van der Waals surface area contributed by atoms with E-state index in [9.17, 15) is 14.9 Å². The number of carbonyl (C=O) groups is 1. The molecule has 0 bridgehead atoms. The minimum atomic E-state index is -0.375. The SMILES string of the molecule is Cn1ccc2ccc(-c3ccc4cnc(CNC(=O)c5ccc6c(c5)[C@H](C#N)COC6)cc4n3)cc2c1=O. The molecule has 0 fully saturated rings. The van der Waals surface area contributed by atoms with Gasteiger partial charge in [0.2, 0.25) is 0 Å². The Kier molecular flexibility index (Phi) is 5.91. The molecule has 1 aliphatic rings. The van der Waals surface area contributed by atoms with Gasteiger partial charge in [-0.3, -0.25) is 14.6 Å². The molecule has 1 aliphatic heterocycles. The summed E-state index contributed by atoms with van der Waals surface area (Å²) in [5.74, 6) is -0.614. The van der Waals surface area contributed by atoms with Gasteiger partial charge in [0.25, 0.3) is 11.5 Å². The van der Waals surface area contributed by atoms with Gasteiger partial charge in [-0.25, -0.2) is 4.98 Å². The van der Waals surface area contributed by atoms with Crippen molar-refractivity contribution in [3.05, 3.63) is 106 Å². The van der Waals surface area contributed by atoms with Gasteiger partial charge >= 0.3 is 0 Å². The molecular formula is C30H23N5O3. The van der Waals surface area contributed by atoms with Crippen molar-refractivity contribution in [3.8, 4) is 17.3 Å². The Balaban J connectivity index is 1.24. The van der Waals surface area contributed by atoms with E-state index in [0.29, 0.717) is 29.9 Å². The Bertz CT molecular complexity index is 1840. The Morgan fingerprint density at radius 1 is 1.13 bits per heavy atom. The number of ether oxygens (including phenoxy) is 1. The van der Waals surface area contributed by atoms with E-state index in [0.717, 1.165) is 38.7 Å². The summed E-state index contributed by atoms with van der Waals surface area (Å²) < 4.78 is 7.02. The van der Waals surface area contributed by atoms with Crippen LogP contribution in [0.1, 0.15) is 33.1 Å². The number of benzene rings is 2. The first-order valence-electron chi connectivity index (χ1n) is 12.2. The second kappa shape index (κ2) is 9.54. The highest BCUT2D eigenvalue weighted by atomic mass is 16.5. The van der Waals surface area contributed by atoms with Gasteiger partial charge in [-0.05, 0) is 59.0 Å². The van der Waals surface area contributed by atoms with E-state index in [2.05, 4.69) is 16.4 Å². The standard InChI is InChI=1S/C30H23N5O3/c1-35-9-8-18-2-3-19(10-26(18)30(35)37)27-7-6-21-14-32-24(12-28(21)34-27)15-33-29(36)20-4-5-22-16-38-17-23(13-31)25(22)11-20/h2-12,14,23H,15-17H2,1H3,(H,33,36)/t23-/m1/s1. The van der Waals surface area contributed by atoms with Gasteiger partial charge < -0.3 is 14.6 Å². The average Bonchev–Trinajstić information content (AvgIpc) is 2.96. The lowest BCUT2D eigenvalue weighted by Crippen LogP contribution is -2.24. The number of hydrogen-bond acceptors (Lipinski definition) is 6. The van der Waals surface area contributed by atoms with E-state index < -0.39 is 0 Å². The highest BCUT2D eigenvalue weighted by Crippen LogP contribution is 2.27. The fourth-order valence-electron chi connectivity index (χ4n) is 4.76. The molecule has 1 N–H and O–H groups in total. The van der Waals surface area contributed by atoms with Crippen molar-refractivity contribution in [1.82, 2.24) is 19.9 Å². The molecule has 1 amide bonds. The molecule has 38 heavy (non-hydrogen) atoms. The second-order valence-corrected chi connectivity index (χ2v) is 9.39. The van der Waals surface area contributed by atoms with Crippen molar-refractivity contribution in [1.29, 1.82) is 5.26 Å². The third kappa shape index (κ3) is 4.29. The Morgan fingerprint density at radius 3 is 2.87 bits per heavy atom. The van der Waals surface area contributed by atoms with Gasteiger partial charge in [-0.15, -0.1) is 0 Å². The van der Waals surface area contributed by atoms with Gasteiger partial charge in [0.1, 0.15) is 0 Å². The van der Waals surface area contributed by atoms with Crippen LogP contribution in [0.2, 0.25) is 0 Å². The van der Waals surface area contributed by atoms with Crippen molar-refractivity contribution >= 4 is 27.6 Å². The number of hydrogen-bond donors (Lipinski definition) is 1. The van der Waals surface area contributed by atoms with Crippen LogP contribution < -0.4 is 10.9 Å². The molecule has 0 aliphatic carbocycles. The monoisotopic (exact) mass is 501 g/mol. The lowest BCUT2D eigenvalue weighted by Gasteiger charge is -2.21. The molecule has 4 heterocycles. The van der Waals surface area contributed by atoms with Gasteiger partial charge in [0.15, 0.2) is 0 Å². The maximum absolute atomic E-state index is 12.9. The molecule has 0 spiro atoms. The Morgan fingerprint density at radius 2 is 2.00 bits per heavy atom. The van der Waals surface area contributed by atoms with Crippen molar-refractivity contribution in [2.45, 2.75) is 19.1 Å². The van der Waals surface area contributed by atoms with Gasteiger partial charge in [0.05, 0.1) is 48.7 Å². The number of pyridine rings is 3. The van der Waals surface area contributed by atoms with Gasteiger partial charge in [0, 0.05) is 41.3 Å². The van der Waals surface area contributed by atoms with Crippen LogP contribution in [0, 0.1) is 11.3 Å². The predicted molar refractivity (Wildman–Crippen MR) is 143 cm³/mol. The molecule has 8 nitrogen and oxygen atoms in total. The molecule has 0 radical (unpaired) electrons. The molecule has 8 heteroatoms. The van der Waals surface area contributed by atoms with E-state index in [-0.39, 0.29) is 23.9 Å². The third-order valence-electron chi connectivity index (χ3n) is 6.92. The number of rotatable bonds is 4. The molecule has 0 saturated heterocycles. The fraction of sp³-hybridized carbons (Fsp3) is 0.167. The van der Waals surface area contributed by atoms with E-state index in [1.54, 1.807) is 36.1 Å². The lowest BCUT2D eigenvalue weighted by atomic mass is 9.92. The topological polar surface area (TPSA) is 110 Å². The third-order valence-corrected chi connectivity index (χ3v) is 6.92. The van der Waals surface area contributed by atoms with Crippen molar-refractivity contribution in [3.63, 3.8) is 0 Å². The smallest absolute Gasteiger partial charge is 0.258 e. The highest BCUT2D eigenvalue weighted by molar-refractivity contribution is 5.94. The highest BCUT2D eigenvalue weighted by Gasteiger charge is 2.22. The first-order chi connectivity index (χ1) is 18.5. The summed E-state index contributed by atoms with van der Waals surface area (Å²) in [6.45, 7) is 1.01. The van der Waals surface area contributed by atoms with Crippen LogP contribution in [0.15, 0.2) is 77.9 Å². The summed E-state index contributed by atoms with van der Waals surface area (Å²) in [4.78, 5) is 34.7. The lowest BCUT2D eigenvalue weighted by molar-refractivity contribution is 0.0945. The molecule has 0 unspecified atom stereocenters. The Labute approximate surface area is 218 Å². The van der Waals surface area contributed by atoms with Crippen LogP contribution in [0.5, 0.6) is 0 Å². The van der Waals surface area contributed by atoms with Crippen LogP contribution in [0.4, 0.5) is 0 Å². The first-order valence-corrected chi connectivity index (χ1v) is 12.2. The minimum Gasteiger partial charge on any atom is -0.375 e. The van der Waals surface area contributed by atoms with Crippen LogP contribution in [0.3, 0.4) is 0 Å². The number of fused-ring (bicyclic) bond motifs is 3. The van der Waals surface area contributed by atoms with Crippen molar-refractivity contribution < 1.29 is 9.53 Å². The summed E-state index contributed by atoms with van der Waals surface area (Å²) in [6, 6.07) is 21.0. The summed E-state index contributed by atoms with van der Waals surface area (Å²) in [6.07, 6.45) is 3.50. The summed E-state index contributed by atoms with van der Waals surface area (Å²) in [5, 5.41) is 14.7. The van der Waals surface area contributed by atoms with E-state index in [1.165, 1.54) is 0 Å². The molecule has 1 atom stereocenters. The molecular weight excluding hydrogens is 478 g/mol. The summed E-state index contributed by atoms with van der Waals surface area (Å²) >= 11 is 0. The predicted octanol–water partition coefficient (Wildman–Crippen LogP) is 4.22. The van der Waals surface area contributed by atoms with Crippen LogP contribution in [-0.4, -0.2) is 27.0 Å². The quantitative estimate of drug-likeness (QED) is 0.395. The van der Waals surface area contributed by atoms with Crippen LogP contribution in [0.25, 0.3) is 32.9 Å². The zero-order valence-electron chi connectivity index (χ0n) is 20.6. The first kappa shape index (κ1) is 23.5. The molecule has 5 aromatic rings. The number of nitriles is 1. The molecule has 3 aromatic heterocycles. The number of amides is 1. The number of aryl methyl sites for hydroxylation is 1. The molecule has 0 saturated carbocycles. The van der Waals surface area contributed by atoms with Crippen LogP contribution in [-0.2, 0) is 24.9 Å². The second-order valence-electron chi connectivity index (χ2n) is 9.39. The maximum Gasteiger partial charge on any atom is 0.258 e. The molecule has 6 rings (SSSR count). The van der Waals surface area contributed by atoms with Crippen LogP contribution >= 0.6 is 0 Å². The fourth-order valence-corrected chi connectivity index (χ4v) is 4.76. The maximum atomic E-state index is 12.9. The largest absolute Gasteiger partial charge is 0.375 e. The summed E-state index contributed by atoms with van der Waals surface area (Å²) in [7, 11) is 1.74. The number of carbonyl (C=O) groups excluding carboxylic acids is 1. The summed E-state index contributed by atoms with van der Waals surface area (Å²) in [5.41, 5.74) is 5.23. The molecule has 2 aromatic carbocycles.